The van der Waals surface area contributed by atoms with Crippen molar-refractivity contribution >= 4 is 11.7 Å². The maximum Gasteiger partial charge on any atom is 0.258 e. The number of hydrogen-bond donors (Lipinski definition) is 1. The van der Waals surface area contributed by atoms with Crippen molar-refractivity contribution in [2.45, 2.75) is 72.1 Å². The van der Waals surface area contributed by atoms with Crippen molar-refractivity contribution in [3.8, 4) is 11.5 Å². The number of aliphatic hydroxyl groups is 1. The van der Waals surface area contributed by atoms with Gasteiger partial charge >= 0.3 is 0 Å². The van der Waals surface area contributed by atoms with Gasteiger partial charge in [-0.05, 0) is 85.7 Å². The van der Waals surface area contributed by atoms with Crippen LogP contribution in [-0.4, -0.2) is 81.2 Å². The average Bonchev–Trinajstić information content (AvgIpc) is 2.78. The van der Waals surface area contributed by atoms with E-state index in [4.69, 9.17) is 4.74 Å². The number of nitrogens with zero attached hydrogens (tertiary/aromatic N) is 5. The first-order valence-corrected chi connectivity index (χ1v) is 13.2. The fraction of sp³-hybridized carbons (Fsp3) is 0.607. The first-order chi connectivity index (χ1) is 17.4. The first kappa shape index (κ1) is 27.3. The molecule has 37 heavy (non-hydrogen) atoms. The van der Waals surface area contributed by atoms with E-state index >= 15 is 0 Å². The molecule has 0 bridgehead atoms. The Hall–Kier alpha value is -2.78. The minimum Gasteiger partial charge on any atom is -0.451 e. The average molecular weight is 514 g/mol. The van der Waals surface area contributed by atoms with Crippen molar-refractivity contribution in [2.24, 2.45) is 5.41 Å². The van der Waals surface area contributed by atoms with Gasteiger partial charge in [0.25, 0.3) is 5.91 Å². The van der Waals surface area contributed by atoms with Crippen LogP contribution in [0.1, 0.15) is 64.7 Å². The van der Waals surface area contributed by atoms with Gasteiger partial charge in [-0.2, -0.15) is 0 Å². The second kappa shape index (κ2) is 10.5. The number of likely N-dealkylation sites (tertiary alicyclic amines) is 1. The van der Waals surface area contributed by atoms with Crippen molar-refractivity contribution in [1.82, 2.24) is 19.8 Å². The van der Waals surface area contributed by atoms with Crippen LogP contribution in [0.25, 0.3) is 0 Å². The fourth-order valence-electron chi connectivity index (χ4n) is 5.66. The van der Waals surface area contributed by atoms with Crippen LogP contribution in [-0.2, 0) is 0 Å². The normalized spacial score (nSPS) is 17.8. The van der Waals surface area contributed by atoms with Crippen molar-refractivity contribution in [3.63, 3.8) is 0 Å². The lowest BCUT2D eigenvalue weighted by Crippen LogP contribution is -2.61. The number of halogens is 1. The molecule has 2 saturated heterocycles. The highest BCUT2D eigenvalue weighted by atomic mass is 19.1. The van der Waals surface area contributed by atoms with Gasteiger partial charge in [0.1, 0.15) is 17.9 Å². The Balaban J connectivity index is 1.50. The second-order valence-electron chi connectivity index (χ2n) is 11.8. The maximum atomic E-state index is 14.2. The van der Waals surface area contributed by atoms with Gasteiger partial charge in [-0.1, -0.05) is 0 Å². The molecule has 202 valence electrons. The van der Waals surface area contributed by atoms with E-state index in [0.717, 1.165) is 39.0 Å². The van der Waals surface area contributed by atoms with E-state index in [1.54, 1.807) is 11.1 Å². The van der Waals surface area contributed by atoms with E-state index in [1.807, 2.05) is 41.5 Å². The van der Waals surface area contributed by atoms with Crippen LogP contribution in [0.4, 0.5) is 10.2 Å². The van der Waals surface area contributed by atoms with Gasteiger partial charge in [0.15, 0.2) is 11.6 Å². The maximum absolute atomic E-state index is 14.2. The number of anilines is 1. The zero-order valence-corrected chi connectivity index (χ0v) is 22.9. The van der Waals surface area contributed by atoms with Crippen LogP contribution in [0.5, 0.6) is 11.5 Å². The van der Waals surface area contributed by atoms with Crippen LogP contribution in [0.3, 0.4) is 0 Å². The molecular formula is C28H40FN5O3. The molecule has 2 aliphatic rings. The summed E-state index contributed by atoms with van der Waals surface area (Å²) in [6.45, 7) is 15.8. The number of ether oxygens (including phenoxy) is 1. The molecule has 8 nitrogen and oxygen atoms in total. The molecule has 3 heterocycles. The Morgan fingerprint density at radius 2 is 1.81 bits per heavy atom. The van der Waals surface area contributed by atoms with Crippen LogP contribution >= 0.6 is 0 Å². The summed E-state index contributed by atoms with van der Waals surface area (Å²) in [5.74, 6) is 0.626. The Morgan fingerprint density at radius 1 is 1.16 bits per heavy atom. The van der Waals surface area contributed by atoms with Crippen LogP contribution in [0.15, 0.2) is 30.7 Å². The van der Waals surface area contributed by atoms with Gasteiger partial charge in [-0.15, -0.1) is 0 Å². The minimum atomic E-state index is -0.689. The lowest BCUT2D eigenvalue weighted by molar-refractivity contribution is 0.00334. The summed E-state index contributed by atoms with van der Waals surface area (Å²) in [5, 5.41) is 10.1. The topological polar surface area (TPSA) is 82.0 Å². The van der Waals surface area contributed by atoms with E-state index in [2.05, 4.69) is 19.8 Å². The van der Waals surface area contributed by atoms with Gasteiger partial charge in [-0.3, -0.25) is 4.79 Å². The molecule has 1 aromatic heterocycles. The summed E-state index contributed by atoms with van der Waals surface area (Å²) < 4.78 is 20.4. The SMILES string of the molecule is CC(C)N(C(=O)c1cc(F)ccc1Oc1cncnc1N1CC2(CCN(CC(C)(C)O)CC2)C1)C(C)C. The third kappa shape index (κ3) is 6.21. The Labute approximate surface area is 219 Å². The number of carbonyl (C=O) groups is 1. The molecule has 2 aliphatic heterocycles. The van der Waals surface area contributed by atoms with Gasteiger partial charge in [0, 0.05) is 37.1 Å². The molecule has 1 spiro atoms. The highest BCUT2D eigenvalue weighted by Gasteiger charge is 2.46. The molecule has 0 radical (unpaired) electrons. The van der Waals surface area contributed by atoms with E-state index < -0.39 is 11.4 Å². The standard InChI is InChI=1S/C28H40FN5O3/c1-19(2)34(20(3)4)26(35)22-13-21(29)7-8-23(22)37-24-14-30-18-31-25(24)33-16-28(17-33)9-11-32(12-10-28)15-27(5,6)36/h7-8,13-14,18-20,36H,9-12,15-17H2,1-6H3. The summed E-state index contributed by atoms with van der Waals surface area (Å²) in [5.41, 5.74) is -0.285. The number of rotatable bonds is 8. The largest absolute Gasteiger partial charge is 0.451 e. The van der Waals surface area contributed by atoms with Crippen molar-refractivity contribution in [2.75, 3.05) is 37.6 Å². The predicted molar refractivity (Wildman–Crippen MR) is 142 cm³/mol. The Bertz CT molecular complexity index is 1090. The number of hydrogen-bond acceptors (Lipinski definition) is 7. The molecule has 2 aromatic rings. The Kier molecular flexibility index (Phi) is 7.76. The lowest BCUT2D eigenvalue weighted by Gasteiger charge is -2.54. The van der Waals surface area contributed by atoms with Gasteiger partial charge in [0.05, 0.1) is 17.4 Å². The molecule has 1 N–H and O–H groups in total. The highest BCUT2D eigenvalue weighted by molar-refractivity contribution is 5.97. The smallest absolute Gasteiger partial charge is 0.258 e. The van der Waals surface area contributed by atoms with Gasteiger partial charge in [-0.25, -0.2) is 14.4 Å². The molecule has 9 heteroatoms. The van der Waals surface area contributed by atoms with Gasteiger partial charge < -0.3 is 24.5 Å². The highest BCUT2D eigenvalue weighted by Crippen LogP contribution is 2.45. The van der Waals surface area contributed by atoms with Crippen LogP contribution in [0.2, 0.25) is 0 Å². The number of piperidine rings is 1. The van der Waals surface area contributed by atoms with Crippen LogP contribution in [0, 0.1) is 11.2 Å². The van der Waals surface area contributed by atoms with E-state index in [-0.39, 0.29) is 34.7 Å². The quantitative estimate of drug-likeness (QED) is 0.562. The lowest BCUT2D eigenvalue weighted by atomic mass is 9.72. The summed E-state index contributed by atoms with van der Waals surface area (Å²) in [4.78, 5) is 28.3. The number of amides is 1. The molecule has 1 aromatic carbocycles. The molecule has 0 aliphatic carbocycles. The molecule has 1 amide bonds. The number of carbonyl (C=O) groups excluding carboxylic acids is 1. The fourth-order valence-corrected chi connectivity index (χ4v) is 5.66. The van der Waals surface area contributed by atoms with Crippen molar-refractivity contribution < 1.29 is 19.0 Å². The zero-order valence-electron chi connectivity index (χ0n) is 22.9. The van der Waals surface area contributed by atoms with E-state index in [1.165, 1.54) is 24.5 Å². The van der Waals surface area contributed by atoms with E-state index in [9.17, 15) is 14.3 Å². The van der Waals surface area contributed by atoms with Crippen molar-refractivity contribution in [3.05, 3.63) is 42.1 Å². The molecular weight excluding hydrogens is 473 g/mol. The van der Waals surface area contributed by atoms with E-state index in [0.29, 0.717) is 18.1 Å². The second-order valence-corrected chi connectivity index (χ2v) is 11.8. The molecule has 2 fully saturated rings. The molecule has 0 saturated carbocycles. The Morgan fingerprint density at radius 3 is 2.41 bits per heavy atom. The summed E-state index contributed by atoms with van der Waals surface area (Å²) in [7, 11) is 0. The zero-order chi connectivity index (χ0) is 27.0. The summed E-state index contributed by atoms with van der Waals surface area (Å²) in [6, 6.07) is 3.93. The monoisotopic (exact) mass is 513 g/mol. The third-order valence-corrected chi connectivity index (χ3v) is 7.28. The molecule has 4 rings (SSSR count). The molecule has 0 unspecified atom stereocenters. The number of aromatic nitrogens is 2. The first-order valence-electron chi connectivity index (χ1n) is 13.2. The minimum absolute atomic E-state index is 0.0496. The third-order valence-electron chi connectivity index (χ3n) is 7.28. The van der Waals surface area contributed by atoms with Gasteiger partial charge in [0.2, 0.25) is 0 Å². The summed E-state index contributed by atoms with van der Waals surface area (Å²) >= 11 is 0. The summed E-state index contributed by atoms with van der Waals surface area (Å²) in [6.07, 6.45) is 5.23. The number of β-amino-alcohol motifs (C(OH)–C–C–N with tert-alkyl or cyclic N) is 1. The predicted octanol–water partition coefficient (Wildman–Crippen LogP) is 4.34. The number of benzene rings is 1. The molecule has 0 atom stereocenters. The van der Waals surface area contributed by atoms with Crippen molar-refractivity contribution in [1.29, 1.82) is 0 Å². The van der Waals surface area contributed by atoms with Crippen LogP contribution < -0.4 is 9.64 Å².